The molecule has 3 heterocycles. The molecule has 0 bridgehead atoms. The molecule has 26 heavy (non-hydrogen) atoms. The van der Waals surface area contributed by atoms with Crippen molar-refractivity contribution in [1.29, 1.82) is 0 Å². The number of rotatable bonds is 4. The van der Waals surface area contributed by atoms with E-state index < -0.39 is 0 Å². The predicted molar refractivity (Wildman–Crippen MR) is 101 cm³/mol. The molecule has 4 rings (SSSR count). The molecule has 1 N–H and O–H groups in total. The average molecular weight is 353 g/mol. The first kappa shape index (κ1) is 17.1. The molecule has 1 saturated heterocycles. The Kier molecular flexibility index (Phi) is 4.93. The van der Waals surface area contributed by atoms with Crippen LogP contribution in [-0.2, 0) is 19.6 Å². The number of carbonyl (C=O) groups excluding carboxylic acids is 1. The number of carbonyl (C=O) groups is 1. The summed E-state index contributed by atoms with van der Waals surface area (Å²) in [6, 6.07) is 12.7. The van der Waals surface area contributed by atoms with Crippen LogP contribution in [-0.4, -0.2) is 51.8 Å². The van der Waals surface area contributed by atoms with Crippen molar-refractivity contribution in [1.82, 2.24) is 24.9 Å². The minimum absolute atomic E-state index is 0.0524. The van der Waals surface area contributed by atoms with E-state index in [1.54, 1.807) is 0 Å². The lowest BCUT2D eigenvalue weighted by molar-refractivity contribution is 0.179. The van der Waals surface area contributed by atoms with Crippen LogP contribution >= 0.6 is 0 Å². The van der Waals surface area contributed by atoms with Crippen molar-refractivity contribution in [3.63, 3.8) is 0 Å². The predicted octanol–water partition coefficient (Wildman–Crippen LogP) is 2.24. The van der Waals surface area contributed by atoms with Crippen LogP contribution in [0.1, 0.15) is 23.4 Å². The van der Waals surface area contributed by atoms with Crippen LogP contribution in [0.2, 0.25) is 0 Å². The summed E-state index contributed by atoms with van der Waals surface area (Å²) in [5.74, 6) is 0.542. The van der Waals surface area contributed by atoms with Crippen LogP contribution < -0.4 is 5.32 Å². The number of nitrogens with zero attached hydrogens (tertiary/aromatic N) is 4. The maximum absolute atomic E-state index is 12.5. The van der Waals surface area contributed by atoms with Crippen molar-refractivity contribution in [3.8, 4) is 0 Å². The summed E-state index contributed by atoms with van der Waals surface area (Å²) >= 11 is 0. The molecule has 6 nitrogen and oxygen atoms in total. The van der Waals surface area contributed by atoms with Crippen LogP contribution in [0.25, 0.3) is 0 Å². The molecule has 2 amide bonds. The highest BCUT2D eigenvalue weighted by molar-refractivity contribution is 5.74. The van der Waals surface area contributed by atoms with Crippen molar-refractivity contribution in [3.05, 3.63) is 53.3 Å². The van der Waals surface area contributed by atoms with Crippen molar-refractivity contribution in [2.45, 2.75) is 33.0 Å². The van der Waals surface area contributed by atoms with Gasteiger partial charge < -0.3 is 10.2 Å². The summed E-state index contributed by atoms with van der Waals surface area (Å²) in [6.07, 6.45) is 1.15. The molecule has 1 unspecified atom stereocenters. The van der Waals surface area contributed by atoms with E-state index in [9.17, 15) is 4.79 Å². The molecule has 2 aliphatic heterocycles. The lowest BCUT2D eigenvalue weighted by Crippen LogP contribution is -2.45. The molecule has 0 aliphatic carbocycles. The Hall–Kier alpha value is -2.34. The first-order chi connectivity index (χ1) is 12.7. The molecule has 1 atom stereocenters. The minimum Gasteiger partial charge on any atom is -0.338 e. The smallest absolute Gasteiger partial charge is 0.317 e. The van der Waals surface area contributed by atoms with Crippen molar-refractivity contribution in [2.24, 2.45) is 5.92 Å². The van der Waals surface area contributed by atoms with E-state index >= 15 is 0 Å². The molecule has 2 aromatic rings. The number of aryl methyl sites for hydroxylation is 1. The second-order valence-corrected chi connectivity index (χ2v) is 7.48. The third-order valence-corrected chi connectivity index (χ3v) is 5.37. The molecular weight excluding hydrogens is 326 g/mol. The van der Waals surface area contributed by atoms with Gasteiger partial charge in [-0.1, -0.05) is 30.3 Å². The number of urea groups is 1. The third kappa shape index (κ3) is 3.90. The van der Waals surface area contributed by atoms with Gasteiger partial charge in [-0.2, -0.15) is 5.10 Å². The van der Waals surface area contributed by atoms with Crippen LogP contribution in [0.4, 0.5) is 4.79 Å². The van der Waals surface area contributed by atoms with Gasteiger partial charge in [0.1, 0.15) is 0 Å². The number of likely N-dealkylation sites (tertiary alicyclic amines) is 1. The molecule has 1 fully saturated rings. The Balaban J connectivity index is 1.23. The molecule has 0 spiro atoms. The Morgan fingerprint density at radius 3 is 2.92 bits per heavy atom. The zero-order valence-electron chi connectivity index (χ0n) is 15.4. The van der Waals surface area contributed by atoms with Crippen LogP contribution in [0.15, 0.2) is 36.4 Å². The van der Waals surface area contributed by atoms with Crippen molar-refractivity contribution >= 4 is 6.03 Å². The number of amides is 2. The molecule has 6 heteroatoms. The monoisotopic (exact) mass is 353 g/mol. The molecule has 2 aliphatic rings. The van der Waals surface area contributed by atoms with Gasteiger partial charge in [0, 0.05) is 26.2 Å². The van der Waals surface area contributed by atoms with Crippen molar-refractivity contribution in [2.75, 3.05) is 26.2 Å². The summed E-state index contributed by atoms with van der Waals surface area (Å²) < 4.78 is 2.01. The number of hydrogen-bond donors (Lipinski definition) is 1. The SMILES string of the molecule is Cc1cc2n(n1)CCN(C(=O)NCC1CCN(Cc3ccccc3)C1)C2. The molecular formula is C20H27N5O. The third-order valence-electron chi connectivity index (χ3n) is 5.37. The summed E-state index contributed by atoms with van der Waals surface area (Å²) in [5.41, 5.74) is 3.50. The Morgan fingerprint density at radius 2 is 2.08 bits per heavy atom. The fourth-order valence-electron chi connectivity index (χ4n) is 3.99. The van der Waals surface area contributed by atoms with E-state index in [-0.39, 0.29) is 6.03 Å². The molecule has 1 aromatic heterocycles. The van der Waals surface area contributed by atoms with E-state index in [1.807, 2.05) is 16.5 Å². The van der Waals surface area contributed by atoms with Gasteiger partial charge in [0.2, 0.25) is 0 Å². The van der Waals surface area contributed by atoms with E-state index in [1.165, 1.54) is 5.56 Å². The average Bonchev–Trinajstić information content (AvgIpc) is 3.25. The quantitative estimate of drug-likeness (QED) is 0.917. The van der Waals surface area contributed by atoms with Gasteiger partial charge >= 0.3 is 6.03 Å². The van der Waals surface area contributed by atoms with E-state index in [0.717, 1.165) is 57.1 Å². The highest BCUT2D eigenvalue weighted by Gasteiger charge is 2.25. The zero-order valence-corrected chi connectivity index (χ0v) is 15.4. The molecule has 138 valence electrons. The van der Waals surface area contributed by atoms with Gasteiger partial charge in [-0.25, -0.2) is 4.79 Å². The summed E-state index contributed by atoms with van der Waals surface area (Å²) in [6.45, 7) is 8.09. The lowest BCUT2D eigenvalue weighted by atomic mass is 10.1. The van der Waals surface area contributed by atoms with Gasteiger partial charge in [-0.3, -0.25) is 9.58 Å². The highest BCUT2D eigenvalue weighted by Crippen LogP contribution is 2.18. The summed E-state index contributed by atoms with van der Waals surface area (Å²) in [7, 11) is 0. The molecule has 1 aromatic carbocycles. The van der Waals surface area contributed by atoms with E-state index in [2.05, 4.69) is 51.7 Å². The normalized spacial score (nSPS) is 20.2. The standard InChI is InChI=1S/C20H27N5O/c1-16-11-19-15-24(9-10-25(19)22-16)20(26)21-12-18-7-8-23(14-18)13-17-5-3-2-4-6-17/h2-6,11,18H,7-10,12-15H2,1H3,(H,21,26). The second-order valence-electron chi connectivity index (χ2n) is 7.48. The van der Waals surface area contributed by atoms with Gasteiger partial charge in [0.25, 0.3) is 0 Å². The Labute approximate surface area is 154 Å². The maximum Gasteiger partial charge on any atom is 0.317 e. The number of aromatic nitrogens is 2. The maximum atomic E-state index is 12.5. The van der Waals surface area contributed by atoms with Crippen LogP contribution in [0.5, 0.6) is 0 Å². The summed E-state index contributed by atoms with van der Waals surface area (Å²) in [5, 5.41) is 7.60. The minimum atomic E-state index is 0.0524. The second kappa shape index (κ2) is 7.50. The Morgan fingerprint density at radius 1 is 1.23 bits per heavy atom. The van der Waals surface area contributed by atoms with Crippen LogP contribution in [0, 0.1) is 12.8 Å². The summed E-state index contributed by atoms with van der Waals surface area (Å²) in [4.78, 5) is 16.9. The number of benzene rings is 1. The Bertz CT molecular complexity index is 757. The van der Waals surface area contributed by atoms with Gasteiger partial charge in [0.15, 0.2) is 0 Å². The number of nitrogens with one attached hydrogen (secondary N) is 1. The van der Waals surface area contributed by atoms with Crippen LogP contribution in [0.3, 0.4) is 0 Å². The zero-order chi connectivity index (χ0) is 17.9. The number of hydrogen-bond acceptors (Lipinski definition) is 3. The first-order valence-electron chi connectivity index (χ1n) is 9.50. The fraction of sp³-hybridized carbons (Fsp3) is 0.500. The molecule has 0 radical (unpaired) electrons. The van der Waals surface area contributed by atoms with Gasteiger partial charge in [-0.05, 0) is 37.4 Å². The van der Waals surface area contributed by atoms with E-state index in [4.69, 9.17) is 0 Å². The number of fused-ring (bicyclic) bond motifs is 1. The largest absolute Gasteiger partial charge is 0.338 e. The van der Waals surface area contributed by atoms with E-state index in [0.29, 0.717) is 12.5 Å². The molecule has 0 saturated carbocycles. The highest BCUT2D eigenvalue weighted by atomic mass is 16.2. The lowest BCUT2D eigenvalue weighted by Gasteiger charge is -2.28. The van der Waals surface area contributed by atoms with Crippen molar-refractivity contribution < 1.29 is 4.79 Å². The van der Waals surface area contributed by atoms with Gasteiger partial charge in [0.05, 0.1) is 24.5 Å². The van der Waals surface area contributed by atoms with Gasteiger partial charge in [-0.15, -0.1) is 0 Å². The topological polar surface area (TPSA) is 53.4 Å². The fourth-order valence-corrected chi connectivity index (χ4v) is 3.99. The first-order valence-corrected chi connectivity index (χ1v) is 9.50.